The first-order valence-corrected chi connectivity index (χ1v) is 7.19. The monoisotopic (exact) mass is 277 g/mol. The molecule has 0 saturated heterocycles. The smallest absolute Gasteiger partial charge is 0.148 e. The van der Waals surface area contributed by atoms with Crippen LogP contribution in [-0.2, 0) is 0 Å². The number of alkyl halides is 1. The Bertz CT molecular complexity index is 554. The molecule has 0 aliphatic heterocycles. The van der Waals surface area contributed by atoms with Crippen molar-refractivity contribution >= 4 is 28.5 Å². The van der Waals surface area contributed by atoms with Gasteiger partial charge in [0.2, 0.25) is 0 Å². The summed E-state index contributed by atoms with van der Waals surface area (Å²) in [6, 6.07) is 8.14. The summed E-state index contributed by atoms with van der Waals surface area (Å²) in [5.74, 6) is 2.02. The van der Waals surface area contributed by atoms with E-state index in [2.05, 4.69) is 29.1 Å². The molecule has 1 aromatic heterocycles. The number of para-hydroxylation sites is 2. The Balaban J connectivity index is 2.26. The maximum absolute atomic E-state index is 6.02. The lowest BCUT2D eigenvalue weighted by atomic mass is 10.1. The number of anilines is 1. The molecule has 1 N–H and O–H groups in total. The number of nitrogens with zero attached hydrogens (tertiary/aromatic N) is 2. The van der Waals surface area contributed by atoms with Gasteiger partial charge < -0.3 is 5.32 Å². The van der Waals surface area contributed by atoms with Gasteiger partial charge in [0.05, 0.1) is 16.7 Å². The van der Waals surface area contributed by atoms with Crippen molar-refractivity contribution in [2.75, 3.05) is 11.2 Å². The van der Waals surface area contributed by atoms with Crippen molar-refractivity contribution in [3.05, 3.63) is 30.0 Å². The van der Waals surface area contributed by atoms with Gasteiger partial charge in [0.25, 0.3) is 0 Å². The van der Waals surface area contributed by atoms with Crippen molar-refractivity contribution < 1.29 is 0 Å². The van der Waals surface area contributed by atoms with Gasteiger partial charge in [-0.3, -0.25) is 0 Å². The van der Waals surface area contributed by atoms with E-state index in [1.54, 1.807) is 0 Å². The van der Waals surface area contributed by atoms with Crippen molar-refractivity contribution in [1.29, 1.82) is 0 Å². The van der Waals surface area contributed by atoms with Gasteiger partial charge in [-0.2, -0.15) is 0 Å². The molecule has 1 aromatic carbocycles. The highest BCUT2D eigenvalue weighted by atomic mass is 35.5. The van der Waals surface area contributed by atoms with Gasteiger partial charge in [-0.05, 0) is 31.4 Å². The molecule has 0 aliphatic rings. The van der Waals surface area contributed by atoms with E-state index in [0.29, 0.717) is 11.8 Å². The van der Waals surface area contributed by atoms with E-state index in [1.165, 1.54) is 0 Å². The topological polar surface area (TPSA) is 37.8 Å². The minimum Gasteiger partial charge on any atom is -0.365 e. The molecule has 4 heteroatoms. The van der Waals surface area contributed by atoms with E-state index in [4.69, 9.17) is 11.6 Å². The summed E-state index contributed by atoms with van der Waals surface area (Å²) in [6.45, 7) is 6.36. The Morgan fingerprint density at radius 2 is 1.79 bits per heavy atom. The van der Waals surface area contributed by atoms with Crippen LogP contribution in [0, 0.1) is 12.8 Å². The number of rotatable bonds is 5. The third-order valence-corrected chi connectivity index (χ3v) is 3.40. The van der Waals surface area contributed by atoms with Gasteiger partial charge in [-0.25, -0.2) is 9.97 Å². The fraction of sp³-hybridized carbons (Fsp3) is 0.467. The summed E-state index contributed by atoms with van der Waals surface area (Å²) in [7, 11) is 0. The number of nitrogens with one attached hydrogen (secondary N) is 1. The van der Waals surface area contributed by atoms with Crippen LogP contribution in [0.15, 0.2) is 24.3 Å². The lowest BCUT2D eigenvalue weighted by Crippen LogP contribution is -2.24. The predicted molar refractivity (Wildman–Crippen MR) is 81.9 cm³/mol. The van der Waals surface area contributed by atoms with Crippen molar-refractivity contribution in [2.45, 2.75) is 33.2 Å². The Kier molecular flexibility index (Phi) is 4.59. The molecule has 0 aliphatic carbocycles. The molecule has 0 radical (unpaired) electrons. The third-order valence-electron chi connectivity index (χ3n) is 3.03. The van der Waals surface area contributed by atoms with Gasteiger partial charge >= 0.3 is 0 Å². The Hall–Kier alpha value is -1.35. The maximum Gasteiger partial charge on any atom is 0.148 e. The average Bonchev–Trinajstić information content (AvgIpc) is 2.38. The van der Waals surface area contributed by atoms with Crippen LogP contribution >= 0.6 is 11.6 Å². The van der Waals surface area contributed by atoms with Crippen molar-refractivity contribution in [2.24, 2.45) is 5.92 Å². The maximum atomic E-state index is 6.02. The van der Waals surface area contributed by atoms with E-state index in [0.717, 1.165) is 29.0 Å². The largest absolute Gasteiger partial charge is 0.365 e. The van der Waals surface area contributed by atoms with E-state index in [-0.39, 0.29) is 6.04 Å². The highest BCUT2D eigenvalue weighted by molar-refractivity contribution is 6.18. The molecule has 0 amide bonds. The molecule has 0 saturated carbocycles. The normalized spacial score (nSPS) is 12.9. The molecule has 19 heavy (non-hydrogen) atoms. The zero-order valence-electron chi connectivity index (χ0n) is 11.7. The number of hydrogen-bond donors (Lipinski definition) is 1. The van der Waals surface area contributed by atoms with Crippen LogP contribution in [0.1, 0.15) is 26.0 Å². The lowest BCUT2D eigenvalue weighted by molar-refractivity contribution is 0.541. The van der Waals surface area contributed by atoms with E-state index >= 15 is 0 Å². The molecular formula is C15H20ClN3. The number of fused-ring (bicyclic) bond motifs is 1. The Labute approximate surface area is 119 Å². The van der Waals surface area contributed by atoms with E-state index in [9.17, 15) is 0 Å². The lowest BCUT2D eigenvalue weighted by Gasteiger charge is -2.19. The molecule has 1 atom stereocenters. The molecule has 102 valence electrons. The fourth-order valence-electron chi connectivity index (χ4n) is 2.15. The number of aryl methyl sites for hydroxylation is 1. The zero-order valence-corrected chi connectivity index (χ0v) is 12.4. The molecule has 3 nitrogen and oxygen atoms in total. The SMILES string of the molecule is Cc1nc2ccccc2nc1NC(CCl)CC(C)C. The molecular weight excluding hydrogens is 258 g/mol. The van der Waals surface area contributed by atoms with Crippen molar-refractivity contribution in [3.63, 3.8) is 0 Å². The number of benzene rings is 1. The van der Waals surface area contributed by atoms with Crippen LogP contribution in [0.2, 0.25) is 0 Å². The first kappa shape index (κ1) is 14.1. The van der Waals surface area contributed by atoms with Gasteiger partial charge in [-0.1, -0.05) is 26.0 Å². The minimum atomic E-state index is 0.232. The zero-order chi connectivity index (χ0) is 13.8. The first-order chi connectivity index (χ1) is 9.10. The summed E-state index contributed by atoms with van der Waals surface area (Å²) >= 11 is 6.02. The summed E-state index contributed by atoms with van der Waals surface area (Å²) in [5, 5.41) is 3.41. The molecule has 2 rings (SSSR count). The summed E-state index contributed by atoms with van der Waals surface area (Å²) in [5.41, 5.74) is 2.75. The number of hydrogen-bond acceptors (Lipinski definition) is 3. The second-order valence-electron chi connectivity index (χ2n) is 5.27. The Morgan fingerprint density at radius 1 is 1.16 bits per heavy atom. The second-order valence-corrected chi connectivity index (χ2v) is 5.58. The van der Waals surface area contributed by atoms with Gasteiger partial charge in [0.15, 0.2) is 0 Å². The quantitative estimate of drug-likeness (QED) is 0.840. The van der Waals surface area contributed by atoms with E-state index < -0.39 is 0 Å². The fourth-order valence-corrected chi connectivity index (χ4v) is 2.35. The Morgan fingerprint density at radius 3 is 2.37 bits per heavy atom. The van der Waals surface area contributed by atoms with Crippen LogP contribution in [-0.4, -0.2) is 21.9 Å². The molecule has 0 spiro atoms. The highest BCUT2D eigenvalue weighted by Gasteiger charge is 2.12. The predicted octanol–water partition coefficient (Wildman–Crippen LogP) is 4.00. The molecule has 0 bridgehead atoms. The molecule has 1 unspecified atom stereocenters. The van der Waals surface area contributed by atoms with Gasteiger partial charge in [-0.15, -0.1) is 11.6 Å². The highest BCUT2D eigenvalue weighted by Crippen LogP contribution is 2.18. The average molecular weight is 278 g/mol. The number of aromatic nitrogens is 2. The van der Waals surface area contributed by atoms with Crippen molar-refractivity contribution in [3.8, 4) is 0 Å². The van der Waals surface area contributed by atoms with Crippen LogP contribution in [0.5, 0.6) is 0 Å². The van der Waals surface area contributed by atoms with Crippen LogP contribution in [0.3, 0.4) is 0 Å². The van der Waals surface area contributed by atoms with E-state index in [1.807, 2.05) is 31.2 Å². The summed E-state index contributed by atoms with van der Waals surface area (Å²) in [4.78, 5) is 9.21. The van der Waals surface area contributed by atoms with Crippen LogP contribution < -0.4 is 5.32 Å². The standard InChI is InChI=1S/C15H20ClN3/c1-10(2)8-12(9-16)18-15-11(3)17-13-6-4-5-7-14(13)19-15/h4-7,10,12H,8-9H2,1-3H3,(H,18,19). The summed E-state index contributed by atoms with van der Waals surface area (Å²) in [6.07, 6.45) is 1.03. The first-order valence-electron chi connectivity index (χ1n) is 6.66. The van der Waals surface area contributed by atoms with Gasteiger partial charge in [0.1, 0.15) is 5.82 Å². The number of halogens is 1. The molecule has 0 fully saturated rings. The minimum absolute atomic E-state index is 0.232. The third kappa shape index (κ3) is 3.57. The molecule has 2 aromatic rings. The van der Waals surface area contributed by atoms with Crippen LogP contribution in [0.25, 0.3) is 11.0 Å². The van der Waals surface area contributed by atoms with Crippen LogP contribution in [0.4, 0.5) is 5.82 Å². The van der Waals surface area contributed by atoms with Gasteiger partial charge in [0, 0.05) is 11.9 Å². The molecule has 1 heterocycles. The summed E-state index contributed by atoms with van der Waals surface area (Å²) < 4.78 is 0. The van der Waals surface area contributed by atoms with Crippen molar-refractivity contribution in [1.82, 2.24) is 9.97 Å². The second kappa shape index (κ2) is 6.20.